The normalized spacial score (nSPS) is 9.94. The van der Waals surface area contributed by atoms with Gasteiger partial charge in [-0.05, 0) is 30.7 Å². The van der Waals surface area contributed by atoms with E-state index in [0.717, 1.165) is 18.8 Å². The first-order valence-electron chi connectivity index (χ1n) is 5.92. The first-order valence-corrected chi connectivity index (χ1v) is 5.92. The van der Waals surface area contributed by atoms with Crippen LogP contribution in [-0.4, -0.2) is 12.7 Å². The van der Waals surface area contributed by atoms with E-state index in [4.69, 9.17) is 15.2 Å². The first kappa shape index (κ1) is 13.4. The molecule has 0 aliphatic heterocycles. The van der Waals surface area contributed by atoms with E-state index in [1.165, 1.54) is 19.3 Å². The topological polar surface area (TPSA) is 61.6 Å². The molecule has 4 heteroatoms. The first-order chi connectivity index (χ1) is 8.22. The molecule has 0 bridgehead atoms. The van der Waals surface area contributed by atoms with Crippen molar-refractivity contribution in [3.05, 3.63) is 24.3 Å². The third-order valence-corrected chi connectivity index (χ3v) is 2.31. The van der Waals surface area contributed by atoms with Gasteiger partial charge in [-0.2, -0.15) is 0 Å². The minimum atomic E-state index is -0.807. The zero-order chi connectivity index (χ0) is 12.5. The van der Waals surface area contributed by atoms with Gasteiger partial charge in [0.2, 0.25) is 0 Å². The molecule has 1 amide bonds. The average Bonchev–Trinajstić information content (AvgIpc) is 2.30. The van der Waals surface area contributed by atoms with Crippen molar-refractivity contribution < 1.29 is 14.3 Å². The summed E-state index contributed by atoms with van der Waals surface area (Å²) in [6.45, 7) is 2.90. The summed E-state index contributed by atoms with van der Waals surface area (Å²) in [4.78, 5) is 10.5. The highest BCUT2D eigenvalue weighted by molar-refractivity contribution is 5.68. The minimum Gasteiger partial charge on any atom is -0.494 e. The Kier molecular flexibility index (Phi) is 5.93. The molecule has 1 aromatic carbocycles. The fraction of sp³-hybridized carbons (Fsp3) is 0.462. The molecular weight excluding hydrogens is 218 g/mol. The van der Waals surface area contributed by atoms with Crippen LogP contribution in [0.2, 0.25) is 0 Å². The Labute approximate surface area is 102 Å². The van der Waals surface area contributed by atoms with Crippen molar-refractivity contribution in [1.82, 2.24) is 0 Å². The molecule has 1 rings (SSSR count). The number of primary amides is 1. The molecule has 1 aromatic rings. The van der Waals surface area contributed by atoms with Crippen LogP contribution in [0, 0.1) is 0 Å². The molecule has 4 nitrogen and oxygen atoms in total. The molecular formula is C13H19NO3. The van der Waals surface area contributed by atoms with Crippen LogP contribution >= 0.6 is 0 Å². The van der Waals surface area contributed by atoms with Gasteiger partial charge < -0.3 is 15.2 Å². The molecule has 0 saturated heterocycles. The van der Waals surface area contributed by atoms with Crippen molar-refractivity contribution in [3.63, 3.8) is 0 Å². The van der Waals surface area contributed by atoms with E-state index in [1.54, 1.807) is 24.3 Å². The van der Waals surface area contributed by atoms with Gasteiger partial charge in [0.25, 0.3) is 0 Å². The Hall–Kier alpha value is -1.71. The third kappa shape index (κ3) is 5.80. The number of hydrogen-bond acceptors (Lipinski definition) is 3. The summed E-state index contributed by atoms with van der Waals surface area (Å²) >= 11 is 0. The molecule has 94 valence electrons. The Morgan fingerprint density at radius 1 is 1.12 bits per heavy atom. The van der Waals surface area contributed by atoms with Crippen molar-refractivity contribution in [3.8, 4) is 11.5 Å². The lowest BCUT2D eigenvalue weighted by Crippen LogP contribution is -2.16. The second-order valence-corrected chi connectivity index (χ2v) is 3.80. The van der Waals surface area contributed by atoms with Gasteiger partial charge in [-0.25, -0.2) is 4.79 Å². The third-order valence-electron chi connectivity index (χ3n) is 2.31. The molecule has 0 spiro atoms. The van der Waals surface area contributed by atoms with Crippen LogP contribution < -0.4 is 15.2 Å². The molecule has 2 N–H and O–H groups in total. The van der Waals surface area contributed by atoms with E-state index in [2.05, 4.69) is 6.92 Å². The Balaban J connectivity index is 2.28. The number of carbonyl (C=O) groups excluding carboxylic acids is 1. The lowest BCUT2D eigenvalue weighted by atomic mass is 10.2. The van der Waals surface area contributed by atoms with Gasteiger partial charge in [-0.15, -0.1) is 0 Å². The fourth-order valence-corrected chi connectivity index (χ4v) is 1.44. The zero-order valence-corrected chi connectivity index (χ0v) is 10.1. The molecule has 0 heterocycles. The van der Waals surface area contributed by atoms with Crippen LogP contribution in [0.4, 0.5) is 4.79 Å². The molecule has 0 radical (unpaired) electrons. The molecule has 0 aromatic heterocycles. The molecule has 0 unspecified atom stereocenters. The van der Waals surface area contributed by atoms with Gasteiger partial charge in [0.1, 0.15) is 11.5 Å². The van der Waals surface area contributed by atoms with Crippen LogP contribution in [0.3, 0.4) is 0 Å². The lowest BCUT2D eigenvalue weighted by molar-refractivity contribution is 0.210. The summed E-state index contributed by atoms with van der Waals surface area (Å²) in [5.41, 5.74) is 4.90. The van der Waals surface area contributed by atoms with Crippen LogP contribution in [0.1, 0.15) is 32.6 Å². The summed E-state index contributed by atoms with van der Waals surface area (Å²) in [7, 11) is 0. The van der Waals surface area contributed by atoms with E-state index in [1.807, 2.05) is 0 Å². The number of ether oxygens (including phenoxy) is 2. The Morgan fingerprint density at radius 2 is 1.76 bits per heavy atom. The Morgan fingerprint density at radius 3 is 2.35 bits per heavy atom. The molecule has 0 saturated carbocycles. The van der Waals surface area contributed by atoms with Crippen molar-refractivity contribution in [1.29, 1.82) is 0 Å². The zero-order valence-electron chi connectivity index (χ0n) is 10.1. The van der Waals surface area contributed by atoms with Gasteiger partial charge in [-0.1, -0.05) is 26.2 Å². The number of benzene rings is 1. The molecule has 0 aliphatic carbocycles. The molecule has 0 fully saturated rings. The number of nitrogens with two attached hydrogens (primary N) is 1. The van der Waals surface area contributed by atoms with Crippen molar-refractivity contribution in [2.45, 2.75) is 32.6 Å². The maximum atomic E-state index is 10.5. The number of carbonyl (C=O) groups is 1. The highest BCUT2D eigenvalue weighted by Gasteiger charge is 1.99. The van der Waals surface area contributed by atoms with Gasteiger partial charge in [0.15, 0.2) is 0 Å². The van der Waals surface area contributed by atoms with Crippen molar-refractivity contribution in [2.24, 2.45) is 5.73 Å². The monoisotopic (exact) mass is 237 g/mol. The molecule has 0 aliphatic rings. The van der Waals surface area contributed by atoms with Gasteiger partial charge in [0.05, 0.1) is 6.61 Å². The van der Waals surface area contributed by atoms with Crippen LogP contribution in [0.5, 0.6) is 11.5 Å². The summed E-state index contributed by atoms with van der Waals surface area (Å²) in [5.74, 6) is 1.20. The van der Waals surface area contributed by atoms with Gasteiger partial charge >= 0.3 is 6.09 Å². The number of rotatable bonds is 7. The maximum absolute atomic E-state index is 10.5. The lowest BCUT2D eigenvalue weighted by Gasteiger charge is -2.06. The highest BCUT2D eigenvalue weighted by atomic mass is 16.5. The van der Waals surface area contributed by atoms with E-state index < -0.39 is 6.09 Å². The second-order valence-electron chi connectivity index (χ2n) is 3.80. The van der Waals surface area contributed by atoms with Crippen LogP contribution in [0.25, 0.3) is 0 Å². The predicted octanol–water partition coefficient (Wildman–Crippen LogP) is 3.10. The van der Waals surface area contributed by atoms with E-state index in [9.17, 15) is 4.79 Å². The summed E-state index contributed by atoms with van der Waals surface area (Å²) in [5, 5.41) is 0. The predicted molar refractivity (Wildman–Crippen MR) is 66.3 cm³/mol. The van der Waals surface area contributed by atoms with Gasteiger partial charge in [0, 0.05) is 0 Å². The van der Waals surface area contributed by atoms with E-state index in [0.29, 0.717) is 5.75 Å². The number of amides is 1. The van der Waals surface area contributed by atoms with E-state index in [-0.39, 0.29) is 0 Å². The second kappa shape index (κ2) is 7.54. The van der Waals surface area contributed by atoms with Crippen molar-refractivity contribution >= 4 is 6.09 Å². The molecule has 0 atom stereocenters. The fourth-order valence-electron chi connectivity index (χ4n) is 1.44. The maximum Gasteiger partial charge on any atom is 0.409 e. The quantitative estimate of drug-likeness (QED) is 0.741. The largest absolute Gasteiger partial charge is 0.494 e. The van der Waals surface area contributed by atoms with Gasteiger partial charge in [-0.3, -0.25) is 0 Å². The van der Waals surface area contributed by atoms with Crippen LogP contribution in [-0.2, 0) is 0 Å². The average molecular weight is 237 g/mol. The Bertz CT molecular complexity index is 335. The SMILES string of the molecule is CCCCCCOc1ccc(OC(N)=O)cc1. The van der Waals surface area contributed by atoms with Crippen molar-refractivity contribution in [2.75, 3.05) is 6.61 Å². The number of hydrogen-bond donors (Lipinski definition) is 1. The minimum absolute atomic E-state index is 0.427. The summed E-state index contributed by atoms with van der Waals surface area (Å²) in [6, 6.07) is 6.84. The smallest absolute Gasteiger partial charge is 0.409 e. The summed E-state index contributed by atoms with van der Waals surface area (Å²) in [6.07, 6.45) is 3.92. The van der Waals surface area contributed by atoms with Crippen LogP contribution in [0.15, 0.2) is 24.3 Å². The van der Waals surface area contributed by atoms with E-state index >= 15 is 0 Å². The summed E-state index contributed by atoms with van der Waals surface area (Å²) < 4.78 is 10.3. The standard InChI is InChI=1S/C13H19NO3/c1-2-3-4-5-10-16-11-6-8-12(9-7-11)17-13(14)15/h6-9H,2-5,10H2,1H3,(H2,14,15). The highest BCUT2D eigenvalue weighted by Crippen LogP contribution is 2.17. The number of unbranched alkanes of at least 4 members (excludes halogenated alkanes) is 3. The molecule has 17 heavy (non-hydrogen) atoms.